The summed E-state index contributed by atoms with van der Waals surface area (Å²) < 4.78 is 2.01. The van der Waals surface area contributed by atoms with Crippen LogP contribution >= 0.6 is 11.3 Å². The lowest BCUT2D eigenvalue weighted by Crippen LogP contribution is -2.08. The second-order valence-corrected chi connectivity index (χ2v) is 7.86. The van der Waals surface area contributed by atoms with E-state index in [9.17, 15) is 0 Å². The van der Waals surface area contributed by atoms with Crippen LogP contribution in [0.4, 0.5) is 0 Å². The largest absolute Gasteiger partial charge is 0.272 e. The molecule has 3 rings (SSSR count). The molecular weight excluding hydrogens is 330 g/mol. The zero-order chi connectivity index (χ0) is 17.8. The number of hydrogen-bond acceptors (Lipinski definition) is 5. The average molecular weight is 356 g/mol. The zero-order valence-corrected chi connectivity index (χ0v) is 16.1. The normalized spacial score (nSPS) is 14.0. The van der Waals surface area contributed by atoms with Gasteiger partial charge >= 0.3 is 0 Å². The summed E-state index contributed by atoms with van der Waals surface area (Å²) in [4.78, 5) is 13.1. The molecular formula is C19H25N5S. The van der Waals surface area contributed by atoms with E-state index in [1.165, 1.54) is 16.3 Å². The van der Waals surface area contributed by atoms with Gasteiger partial charge in [0.2, 0.25) is 0 Å². The Morgan fingerprint density at radius 3 is 2.68 bits per heavy atom. The summed E-state index contributed by atoms with van der Waals surface area (Å²) in [5.41, 5.74) is 3.49. The van der Waals surface area contributed by atoms with Gasteiger partial charge in [-0.1, -0.05) is 27.7 Å². The van der Waals surface area contributed by atoms with E-state index in [0.29, 0.717) is 17.8 Å². The maximum Gasteiger partial charge on any atom is 0.115 e. The Bertz CT molecular complexity index is 793. The van der Waals surface area contributed by atoms with E-state index in [4.69, 9.17) is 4.98 Å². The maximum atomic E-state index is 4.75. The monoisotopic (exact) mass is 355 g/mol. The molecule has 132 valence electrons. The first-order chi connectivity index (χ1) is 12.0. The highest BCUT2D eigenvalue weighted by atomic mass is 32.1. The van der Waals surface area contributed by atoms with Crippen LogP contribution in [0.25, 0.3) is 0 Å². The van der Waals surface area contributed by atoms with Gasteiger partial charge in [-0.15, -0.1) is 11.3 Å². The van der Waals surface area contributed by atoms with Crippen molar-refractivity contribution in [2.24, 2.45) is 0 Å². The van der Waals surface area contributed by atoms with Crippen molar-refractivity contribution >= 4 is 11.3 Å². The molecule has 2 unspecified atom stereocenters. The van der Waals surface area contributed by atoms with Gasteiger partial charge in [-0.2, -0.15) is 5.10 Å². The molecule has 25 heavy (non-hydrogen) atoms. The number of nitrogens with zero attached hydrogens (tertiary/aromatic N) is 5. The first-order valence-corrected chi connectivity index (χ1v) is 9.63. The highest BCUT2D eigenvalue weighted by Crippen LogP contribution is 2.24. The van der Waals surface area contributed by atoms with Crippen molar-refractivity contribution in [1.82, 2.24) is 24.7 Å². The van der Waals surface area contributed by atoms with Gasteiger partial charge in [0.1, 0.15) is 6.33 Å². The van der Waals surface area contributed by atoms with E-state index in [1.807, 2.05) is 16.9 Å². The van der Waals surface area contributed by atoms with Crippen molar-refractivity contribution in [3.05, 3.63) is 58.3 Å². The Labute approximate surface area is 153 Å². The lowest BCUT2D eigenvalue weighted by molar-refractivity contribution is 0.533. The minimum Gasteiger partial charge on any atom is -0.272 e. The molecule has 0 saturated heterocycles. The van der Waals surface area contributed by atoms with Crippen molar-refractivity contribution in [3.8, 4) is 0 Å². The van der Waals surface area contributed by atoms with Crippen LogP contribution in [-0.2, 0) is 13.0 Å². The molecule has 0 aliphatic carbocycles. The topological polar surface area (TPSA) is 56.5 Å². The summed E-state index contributed by atoms with van der Waals surface area (Å²) in [5, 5.41) is 7.94. The molecule has 3 aromatic heterocycles. The van der Waals surface area contributed by atoms with Gasteiger partial charge in [-0.3, -0.25) is 4.68 Å². The maximum absolute atomic E-state index is 4.75. The Kier molecular flexibility index (Phi) is 5.58. The van der Waals surface area contributed by atoms with Gasteiger partial charge in [0.15, 0.2) is 0 Å². The number of thiazole rings is 1. The molecule has 0 fully saturated rings. The van der Waals surface area contributed by atoms with Crippen molar-refractivity contribution < 1.29 is 0 Å². The van der Waals surface area contributed by atoms with Crippen molar-refractivity contribution in [3.63, 3.8) is 0 Å². The third kappa shape index (κ3) is 4.51. The molecule has 0 radical (unpaired) electrons. The first kappa shape index (κ1) is 17.7. The Morgan fingerprint density at radius 2 is 2.00 bits per heavy atom. The Balaban J connectivity index is 1.62. The van der Waals surface area contributed by atoms with E-state index < -0.39 is 0 Å². The van der Waals surface area contributed by atoms with E-state index in [0.717, 1.165) is 18.7 Å². The van der Waals surface area contributed by atoms with Gasteiger partial charge in [0, 0.05) is 41.8 Å². The van der Waals surface area contributed by atoms with Crippen LogP contribution in [0.2, 0.25) is 0 Å². The molecule has 6 heteroatoms. The Morgan fingerprint density at radius 1 is 1.16 bits per heavy atom. The molecule has 0 aromatic carbocycles. The fourth-order valence-electron chi connectivity index (χ4n) is 2.81. The number of aromatic nitrogens is 5. The standard InChI is InChI=1S/C19H25N5S/c1-13(2)19-23-17(11-25-19)7-14(3)16-8-22-24(10-16)9-15(4)18-5-6-20-12-21-18/h5-6,8,10-15H,7,9H2,1-4H3. The molecule has 0 bridgehead atoms. The van der Waals surface area contributed by atoms with Gasteiger partial charge in [-0.05, 0) is 24.0 Å². The SMILES string of the molecule is CC(C)c1nc(CC(C)c2cnn(CC(C)c3ccncn3)c2)cs1. The first-order valence-electron chi connectivity index (χ1n) is 8.75. The molecule has 0 aliphatic heterocycles. The minimum absolute atomic E-state index is 0.304. The second-order valence-electron chi connectivity index (χ2n) is 6.97. The summed E-state index contributed by atoms with van der Waals surface area (Å²) in [5.74, 6) is 1.21. The fourth-order valence-corrected chi connectivity index (χ4v) is 3.66. The molecule has 2 atom stereocenters. The van der Waals surface area contributed by atoms with E-state index in [1.54, 1.807) is 23.9 Å². The number of hydrogen-bond donors (Lipinski definition) is 0. The summed E-state index contributed by atoms with van der Waals surface area (Å²) in [7, 11) is 0. The van der Waals surface area contributed by atoms with Crippen molar-refractivity contribution in [2.75, 3.05) is 0 Å². The molecule has 3 aromatic rings. The van der Waals surface area contributed by atoms with Crippen LogP contribution < -0.4 is 0 Å². The molecule has 0 N–H and O–H groups in total. The van der Waals surface area contributed by atoms with E-state index in [2.05, 4.69) is 54.3 Å². The molecule has 0 aliphatic rings. The lowest BCUT2D eigenvalue weighted by Gasteiger charge is -2.10. The average Bonchev–Trinajstić information content (AvgIpc) is 3.25. The summed E-state index contributed by atoms with van der Waals surface area (Å²) >= 11 is 1.76. The second kappa shape index (κ2) is 7.87. The molecule has 0 spiro atoms. The zero-order valence-electron chi connectivity index (χ0n) is 15.3. The van der Waals surface area contributed by atoms with Crippen LogP contribution in [0, 0.1) is 0 Å². The predicted octanol–water partition coefficient (Wildman–Crippen LogP) is 4.40. The van der Waals surface area contributed by atoms with E-state index in [-0.39, 0.29) is 0 Å². The van der Waals surface area contributed by atoms with Crippen LogP contribution in [0.1, 0.15) is 67.4 Å². The fraction of sp³-hybridized carbons (Fsp3) is 0.474. The van der Waals surface area contributed by atoms with Gasteiger partial charge in [-0.25, -0.2) is 15.0 Å². The minimum atomic E-state index is 0.304. The van der Waals surface area contributed by atoms with Gasteiger partial charge < -0.3 is 0 Å². The van der Waals surface area contributed by atoms with Crippen LogP contribution in [0.3, 0.4) is 0 Å². The van der Waals surface area contributed by atoms with Crippen LogP contribution in [0.5, 0.6) is 0 Å². The van der Waals surface area contributed by atoms with Crippen molar-refractivity contribution in [2.45, 2.75) is 58.4 Å². The molecule has 0 saturated carbocycles. The molecule has 0 amide bonds. The highest BCUT2D eigenvalue weighted by Gasteiger charge is 2.14. The molecule has 5 nitrogen and oxygen atoms in total. The van der Waals surface area contributed by atoms with Crippen molar-refractivity contribution in [1.29, 1.82) is 0 Å². The highest BCUT2D eigenvalue weighted by molar-refractivity contribution is 7.09. The lowest BCUT2D eigenvalue weighted by atomic mass is 10.00. The smallest absolute Gasteiger partial charge is 0.115 e. The quantitative estimate of drug-likeness (QED) is 0.630. The number of rotatable bonds is 7. The third-order valence-electron chi connectivity index (χ3n) is 4.37. The van der Waals surface area contributed by atoms with Crippen LogP contribution in [0.15, 0.2) is 36.4 Å². The summed E-state index contributed by atoms with van der Waals surface area (Å²) in [6, 6.07) is 1.96. The van der Waals surface area contributed by atoms with Gasteiger partial charge in [0.05, 0.1) is 16.9 Å². The third-order valence-corrected chi connectivity index (χ3v) is 5.57. The summed E-state index contributed by atoms with van der Waals surface area (Å²) in [6.07, 6.45) is 8.47. The van der Waals surface area contributed by atoms with Crippen LogP contribution in [-0.4, -0.2) is 24.7 Å². The molecule has 3 heterocycles. The van der Waals surface area contributed by atoms with E-state index >= 15 is 0 Å². The predicted molar refractivity (Wildman–Crippen MR) is 101 cm³/mol. The van der Waals surface area contributed by atoms with Gasteiger partial charge in [0.25, 0.3) is 0 Å². The Hall–Kier alpha value is -2.08. The summed E-state index contributed by atoms with van der Waals surface area (Å²) in [6.45, 7) is 9.60.